The van der Waals surface area contributed by atoms with Crippen LogP contribution in [0.2, 0.25) is 0 Å². The van der Waals surface area contributed by atoms with E-state index in [1.54, 1.807) is 0 Å². The largest absolute Gasteiger partial charge is 0.462 e. The van der Waals surface area contributed by atoms with Gasteiger partial charge in [0.25, 0.3) is 0 Å². The maximum Gasteiger partial charge on any atom is 0.306 e. The van der Waals surface area contributed by atoms with E-state index in [1.807, 2.05) is 0 Å². The molecule has 0 heterocycles. The summed E-state index contributed by atoms with van der Waals surface area (Å²) in [5.41, 5.74) is 0. The molecule has 306 valence electrons. The van der Waals surface area contributed by atoms with Crippen LogP contribution in [0.25, 0.3) is 0 Å². The topological polar surface area (TPSA) is 78.9 Å². The molecule has 0 aliphatic heterocycles. The predicted molar refractivity (Wildman–Crippen MR) is 224 cm³/mol. The summed E-state index contributed by atoms with van der Waals surface area (Å²) in [5, 5.41) is 0. The molecule has 0 aliphatic rings. The van der Waals surface area contributed by atoms with Crippen molar-refractivity contribution >= 4 is 17.9 Å². The summed E-state index contributed by atoms with van der Waals surface area (Å²) in [5.74, 6) is -0.934. The minimum absolute atomic E-state index is 0.0864. The SMILES string of the molecule is CC/C=C\C/C=C\CCCCCCCCCC(=O)OCC(COC(=O)CCCC/C=C\C/C=C\CC)OC(=O)CCCCCCCCCCCCCC. The summed E-state index contributed by atoms with van der Waals surface area (Å²) in [6.07, 6.45) is 48.2. The Morgan fingerprint density at radius 1 is 0.396 bits per heavy atom. The number of hydrogen-bond acceptors (Lipinski definition) is 6. The second kappa shape index (κ2) is 42.1. The van der Waals surface area contributed by atoms with E-state index in [-0.39, 0.29) is 31.1 Å². The number of ether oxygens (including phenoxy) is 3. The summed E-state index contributed by atoms with van der Waals surface area (Å²) in [7, 11) is 0. The van der Waals surface area contributed by atoms with Crippen molar-refractivity contribution in [2.24, 2.45) is 0 Å². The molecule has 0 N–H and O–H groups in total. The van der Waals surface area contributed by atoms with E-state index < -0.39 is 6.10 Å². The average molecular weight is 743 g/mol. The van der Waals surface area contributed by atoms with Crippen LogP contribution < -0.4 is 0 Å². The Bertz CT molecular complexity index is 949. The molecule has 0 aromatic rings. The van der Waals surface area contributed by atoms with Gasteiger partial charge in [-0.1, -0.05) is 172 Å². The second-order valence-corrected chi connectivity index (χ2v) is 14.5. The van der Waals surface area contributed by atoms with Crippen LogP contribution in [0, 0.1) is 0 Å². The van der Waals surface area contributed by atoms with Gasteiger partial charge in [0.05, 0.1) is 0 Å². The lowest BCUT2D eigenvalue weighted by molar-refractivity contribution is -0.167. The van der Waals surface area contributed by atoms with Crippen LogP contribution >= 0.6 is 0 Å². The highest BCUT2D eigenvalue weighted by atomic mass is 16.6. The van der Waals surface area contributed by atoms with Crippen LogP contribution in [0.1, 0.15) is 213 Å². The Hall–Kier alpha value is -2.63. The fourth-order valence-electron chi connectivity index (χ4n) is 6.05. The lowest BCUT2D eigenvalue weighted by Gasteiger charge is -2.18. The quantitative estimate of drug-likeness (QED) is 0.0270. The van der Waals surface area contributed by atoms with Crippen LogP contribution in [0.4, 0.5) is 0 Å². The molecule has 0 spiro atoms. The Balaban J connectivity index is 4.38. The van der Waals surface area contributed by atoms with Crippen molar-refractivity contribution in [2.75, 3.05) is 13.2 Å². The molecule has 0 aliphatic carbocycles. The molecular formula is C47H82O6. The second-order valence-electron chi connectivity index (χ2n) is 14.5. The molecule has 0 fully saturated rings. The van der Waals surface area contributed by atoms with E-state index in [1.165, 1.54) is 83.5 Å². The van der Waals surface area contributed by atoms with Gasteiger partial charge in [0, 0.05) is 19.3 Å². The van der Waals surface area contributed by atoms with Gasteiger partial charge in [-0.05, 0) is 70.6 Å². The molecule has 0 amide bonds. The van der Waals surface area contributed by atoms with Gasteiger partial charge in [-0.15, -0.1) is 0 Å². The fourth-order valence-corrected chi connectivity index (χ4v) is 6.05. The Kier molecular flexibility index (Phi) is 40.0. The van der Waals surface area contributed by atoms with Crippen molar-refractivity contribution in [3.8, 4) is 0 Å². The monoisotopic (exact) mass is 743 g/mol. The third-order valence-electron chi connectivity index (χ3n) is 9.33. The maximum absolute atomic E-state index is 12.7. The first-order valence-electron chi connectivity index (χ1n) is 22.1. The van der Waals surface area contributed by atoms with E-state index in [9.17, 15) is 14.4 Å². The first kappa shape index (κ1) is 50.4. The zero-order chi connectivity index (χ0) is 38.7. The van der Waals surface area contributed by atoms with Crippen LogP contribution in [0.15, 0.2) is 48.6 Å². The molecule has 0 saturated heterocycles. The number of carbonyl (C=O) groups is 3. The van der Waals surface area contributed by atoms with Gasteiger partial charge in [-0.3, -0.25) is 14.4 Å². The van der Waals surface area contributed by atoms with E-state index in [4.69, 9.17) is 14.2 Å². The summed E-state index contributed by atoms with van der Waals surface area (Å²) < 4.78 is 16.6. The lowest BCUT2D eigenvalue weighted by atomic mass is 10.0. The van der Waals surface area contributed by atoms with E-state index >= 15 is 0 Å². The number of carbonyl (C=O) groups excluding carboxylic acids is 3. The normalized spacial score (nSPS) is 12.4. The smallest absolute Gasteiger partial charge is 0.306 e. The zero-order valence-corrected chi connectivity index (χ0v) is 34.8. The van der Waals surface area contributed by atoms with Gasteiger partial charge in [0.2, 0.25) is 0 Å². The summed E-state index contributed by atoms with van der Waals surface area (Å²) in [6, 6.07) is 0. The molecule has 0 bridgehead atoms. The van der Waals surface area contributed by atoms with Crippen molar-refractivity contribution < 1.29 is 28.6 Å². The number of allylic oxidation sites excluding steroid dienone is 8. The molecule has 0 rings (SSSR count). The van der Waals surface area contributed by atoms with Crippen LogP contribution in [0.5, 0.6) is 0 Å². The molecule has 0 aromatic carbocycles. The molecule has 53 heavy (non-hydrogen) atoms. The predicted octanol–water partition coefficient (Wildman–Crippen LogP) is 14.0. The van der Waals surface area contributed by atoms with Crippen molar-refractivity contribution in [3.63, 3.8) is 0 Å². The average Bonchev–Trinajstić information content (AvgIpc) is 3.15. The van der Waals surface area contributed by atoms with Gasteiger partial charge >= 0.3 is 17.9 Å². The highest BCUT2D eigenvalue weighted by Crippen LogP contribution is 2.14. The van der Waals surface area contributed by atoms with Crippen molar-refractivity contribution in [1.82, 2.24) is 0 Å². The lowest BCUT2D eigenvalue weighted by Crippen LogP contribution is -2.30. The Morgan fingerprint density at radius 3 is 1.17 bits per heavy atom. The van der Waals surface area contributed by atoms with Gasteiger partial charge in [-0.25, -0.2) is 0 Å². The third kappa shape index (κ3) is 40.4. The number of unbranched alkanes of at least 4 members (excludes halogenated alkanes) is 20. The van der Waals surface area contributed by atoms with Gasteiger partial charge in [0.15, 0.2) is 6.10 Å². The van der Waals surface area contributed by atoms with Crippen LogP contribution in [0.3, 0.4) is 0 Å². The minimum atomic E-state index is -0.783. The summed E-state index contributed by atoms with van der Waals surface area (Å²) >= 11 is 0. The zero-order valence-electron chi connectivity index (χ0n) is 34.8. The standard InChI is InChI=1S/C47H82O6/c1-4-7-10-13-16-19-21-23-24-26-28-31-34-37-40-46(49)52-43-44(42-51-45(48)39-36-33-30-27-18-15-12-9-6-3)53-47(50)41-38-35-32-29-25-22-20-17-14-11-8-5-2/h7,9-10,12,16,18-19,27,44H,4-6,8,11,13-15,17,20-26,28-43H2,1-3H3/b10-7-,12-9-,19-16-,27-18-. The summed E-state index contributed by atoms with van der Waals surface area (Å²) in [6.45, 7) is 6.35. The van der Waals surface area contributed by atoms with Gasteiger partial charge in [0.1, 0.15) is 13.2 Å². The molecule has 1 unspecified atom stereocenters. The fraction of sp³-hybridized carbons (Fsp3) is 0.766. The number of hydrogen-bond donors (Lipinski definition) is 0. The first-order chi connectivity index (χ1) is 26.0. The van der Waals surface area contributed by atoms with Crippen molar-refractivity contribution in [2.45, 2.75) is 219 Å². The number of esters is 3. The highest BCUT2D eigenvalue weighted by Gasteiger charge is 2.19. The molecule has 6 heteroatoms. The summed E-state index contributed by atoms with van der Waals surface area (Å²) in [4.78, 5) is 37.6. The van der Waals surface area contributed by atoms with E-state index in [0.717, 1.165) is 89.9 Å². The minimum Gasteiger partial charge on any atom is -0.462 e. The van der Waals surface area contributed by atoms with E-state index in [2.05, 4.69) is 69.4 Å². The van der Waals surface area contributed by atoms with Crippen molar-refractivity contribution in [3.05, 3.63) is 48.6 Å². The molecule has 1 atom stereocenters. The first-order valence-corrected chi connectivity index (χ1v) is 22.1. The molecule has 0 aromatic heterocycles. The maximum atomic E-state index is 12.7. The van der Waals surface area contributed by atoms with Gasteiger partial charge in [-0.2, -0.15) is 0 Å². The molecule has 0 radical (unpaired) electrons. The highest BCUT2D eigenvalue weighted by molar-refractivity contribution is 5.71. The molecule has 6 nitrogen and oxygen atoms in total. The third-order valence-corrected chi connectivity index (χ3v) is 9.33. The number of rotatable bonds is 39. The molecule has 0 saturated carbocycles. The van der Waals surface area contributed by atoms with Crippen molar-refractivity contribution in [1.29, 1.82) is 0 Å². The molecular weight excluding hydrogens is 661 g/mol. The Morgan fingerprint density at radius 2 is 0.736 bits per heavy atom. The van der Waals surface area contributed by atoms with Crippen LogP contribution in [-0.4, -0.2) is 37.2 Å². The van der Waals surface area contributed by atoms with Gasteiger partial charge < -0.3 is 14.2 Å². The van der Waals surface area contributed by atoms with E-state index in [0.29, 0.717) is 19.3 Å². The Labute approximate surface area is 327 Å². The van der Waals surface area contributed by atoms with Crippen LogP contribution in [-0.2, 0) is 28.6 Å².